The number of halogens is 4. The number of hydrogen-bond acceptors (Lipinski definition) is 3. The Bertz CT molecular complexity index is 716. The van der Waals surface area contributed by atoms with Gasteiger partial charge in [0.05, 0.1) is 13.1 Å². The number of rotatable bonds is 8. The lowest BCUT2D eigenvalue weighted by Crippen LogP contribution is -2.36. The second-order valence-corrected chi connectivity index (χ2v) is 6.42. The Balaban J connectivity index is 1.75. The van der Waals surface area contributed by atoms with Gasteiger partial charge in [-0.15, -0.1) is 0 Å². The van der Waals surface area contributed by atoms with Gasteiger partial charge in [0.1, 0.15) is 12.4 Å². The van der Waals surface area contributed by atoms with E-state index in [2.05, 4.69) is 10.3 Å². The molecule has 0 aliphatic heterocycles. The molecule has 0 radical (unpaired) electrons. The molecule has 0 aliphatic carbocycles. The fraction of sp³-hybridized carbons (Fsp3) is 0.412. The van der Waals surface area contributed by atoms with E-state index in [4.69, 9.17) is 11.6 Å². The van der Waals surface area contributed by atoms with Gasteiger partial charge in [-0.05, 0) is 31.2 Å². The van der Waals surface area contributed by atoms with Crippen molar-refractivity contribution in [1.29, 1.82) is 0 Å². The van der Waals surface area contributed by atoms with Crippen LogP contribution in [0.3, 0.4) is 0 Å². The van der Waals surface area contributed by atoms with E-state index in [-0.39, 0.29) is 24.8 Å². The van der Waals surface area contributed by atoms with Crippen LogP contribution in [0, 0.1) is 0 Å². The minimum Gasteiger partial charge on any atom is -0.355 e. The lowest BCUT2D eigenvalue weighted by atomic mass is 10.1. The van der Waals surface area contributed by atoms with Gasteiger partial charge in [0.15, 0.2) is 0 Å². The van der Waals surface area contributed by atoms with E-state index in [1.807, 2.05) is 12.1 Å². The zero-order valence-corrected chi connectivity index (χ0v) is 15.0. The molecule has 26 heavy (non-hydrogen) atoms. The van der Waals surface area contributed by atoms with Gasteiger partial charge in [0.2, 0.25) is 5.91 Å². The van der Waals surface area contributed by atoms with Gasteiger partial charge in [-0.2, -0.15) is 13.2 Å². The van der Waals surface area contributed by atoms with Crippen LogP contribution in [0.2, 0.25) is 5.02 Å². The summed E-state index contributed by atoms with van der Waals surface area (Å²) in [7, 11) is 1.66. The summed E-state index contributed by atoms with van der Waals surface area (Å²) in [6.45, 7) is -0.409. The minimum atomic E-state index is -4.31. The average molecular weight is 389 g/mol. The minimum absolute atomic E-state index is 0.0689. The zero-order valence-electron chi connectivity index (χ0n) is 14.3. The van der Waals surface area contributed by atoms with Crippen molar-refractivity contribution in [1.82, 2.24) is 19.8 Å². The van der Waals surface area contributed by atoms with Crippen molar-refractivity contribution < 1.29 is 18.0 Å². The van der Waals surface area contributed by atoms with E-state index in [0.717, 1.165) is 10.1 Å². The first-order valence-corrected chi connectivity index (χ1v) is 8.37. The molecule has 0 fully saturated rings. The molecule has 9 heteroatoms. The number of amides is 1. The highest BCUT2D eigenvalue weighted by Gasteiger charge is 2.29. The average Bonchev–Trinajstić information content (AvgIpc) is 2.94. The zero-order chi connectivity index (χ0) is 19.2. The normalized spacial score (nSPS) is 11.8. The molecule has 0 spiro atoms. The van der Waals surface area contributed by atoms with Crippen molar-refractivity contribution in [3.05, 3.63) is 53.1 Å². The molecular formula is C17H20ClF3N4O. The molecule has 0 saturated carbocycles. The molecule has 0 aliphatic rings. The molecule has 1 aromatic heterocycles. The number of carbonyl (C=O) groups excluding carboxylic acids is 1. The van der Waals surface area contributed by atoms with E-state index >= 15 is 0 Å². The van der Waals surface area contributed by atoms with Gasteiger partial charge < -0.3 is 9.88 Å². The maximum absolute atomic E-state index is 12.5. The third kappa shape index (κ3) is 7.05. The Morgan fingerprint density at radius 1 is 1.31 bits per heavy atom. The molecule has 0 unspecified atom stereocenters. The number of hydrogen-bond donors (Lipinski definition) is 1. The van der Waals surface area contributed by atoms with Crippen LogP contribution in [0.4, 0.5) is 13.2 Å². The highest BCUT2D eigenvalue weighted by atomic mass is 35.5. The van der Waals surface area contributed by atoms with Gasteiger partial charge in [0.25, 0.3) is 0 Å². The quantitative estimate of drug-likeness (QED) is 0.756. The van der Waals surface area contributed by atoms with Crippen LogP contribution in [-0.4, -0.2) is 46.7 Å². The smallest absolute Gasteiger partial charge is 0.355 e. The maximum atomic E-state index is 12.5. The summed E-state index contributed by atoms with van der Waals surface area (Å²) in [6, 6.07) is 7.35. The van der Waals surface area contributed by atoms with Crippen LogP contribution in [-0.2, 0) is 24.3 Å². The number of aromatic nitrogens is 2. The van der Waals surface area contributed by atoms with Crippen molar-refractivity contribution in [2.75, 3.05) is 20.1 Å². The lowest BCUT2D eigenvalue weighted by Gasteiger charge is -2.17. The largest absolute Gasteiger partial charge is 0.406 e. The number of alkyl halides is 3. The Kier molecular flexibility index (Phi) is 7.05. The standard InChI is InChI=1S/C17H20ClF3N4O/c1-24(10-15-22-8-9-25(15)12-17(19,20)21)11-16(26)23-7-6-13-2-4-14(18)5-3-13/h2-5,8-9H,6-7,10-12H2,1H3,(H,23,26). The molecule has 1 amide bonds. The Morgan fingerprint density at radius 3 is 2.65 bits per heavy atom. The fourth-order valence-electron chi connectivity index (χ4n) is 2.42. The number of nitrogens with zero attached hydrogens (tertiary/aromatic N) is 3. The molecular weight excluding hydrogens is 369 g/mol. The van der Waals surface area contributed by atoms with E-state index < -0.39 is 12.7 Å². The Labute approximate surface area is 154 Å². The van der Waals surface area contributed by atoms with Crippen LogP contribution in [0.15, 0.2) is 36.7 Å². The molecule has 0 saturated heterocycles. The predicted octanol–water partition coefficient (Wildman–Crippen LogP) is 2.89. The topological polar surface area (TPSA) is 50.2 Å². The van der Waals surface area contributed by atoms with Gasteiger partial charge in [-0.3, -0.25) is 9.69 Å². The molecule has 5 nitrogen and oxygen atoms in total. The second-order valence-electron chi connectivity index (χ2n) is 5.99. The molecule has 142 valence electrons. The van der Waals surface area contributed by atoms with E-state index in [0.29, 0.717) is 18.0 Å². The number of nitrogens with one attached hydrogen (secondary N) is 1. The molecule has 0 atom stereocenters. The van der Waals surface area contributed by atoms with Crippen LogP contribution in [0.5, 0.6) is 0 Å². The summed E-state index contributed by atoms with van der Waals surface area (Å²) in [5.74, 6) is 0.0641. The van der Waals surface area contributed by atoms with Gasteiger partial charge in [-0.1, -0.05) is 23.7 Å². The van der Waals surface area contributed by atoms with Crippen molar-refractivity contribution in [3.63, 3.8) is 0 Å². The summed E-state index contributed by atoms with van der Waals surface area (Å²) in [6.07, 6.45) is -1.04. The first-order valence-electron chi connectivity index (χ1n) is 7.99. The molecule has 1 aromatic carbocycles. The summed E-state index contributed by atoms with van der Waals surface area (Å²) in [4.78, 5) is 17.5. The third-order valence-corrected chi connectivity index (χ3v) is 3.88. The van der Waals surface area contributed by atoms with Crippen molar-refractivity contribution in [2.45, 2.75) is 25.7 Å². The third-order valence-electron chi connectivity index (χ3n) is 3.63. The Hall–Kier alpha value is -2.06. The van der Waals surface area contributed by atoms with Crippen molar-refractivity contribution in [3.8, 4) is 0 Å². The molecule has 2 aromatic rings. The van der Waals surface area contributed by atoms with Crippen LogP contribution < -0.4 is 5.32 Å². The van der Waals surface area contributed by atoms with Crippen LogP contribution in [0.1, 0.15) is 11.4 Å². The van der Waals surface area contributed by atoms with Crippen molar-refractivity contribution in [2.24, 2.45) is 0 Å². The molecule has 0 bridgehead atoms. The number of carbonyl (C=O) groups is 1. The molecule has 2 rings (SSSR count). The van der Waals surface area contributed by atoms with Gasteiger partial charge in [0, 0.05) is 24.0 Å². The lowest BCUT2D eigenvalue weighted by molar-refractivity contribution is -0.141. The Morgan fingerprint density at radius 2 is 2.00 bits per heavy atom. The fourth-order valence-corrected chi connectivity index (χ4v) is 2.55. The first kappa shape index (κ1) is 20.3. The monoisotopic (exact) mass is 388 g/mol. The predicted molar refractivity (Wildman–Crippen MR) is 92.8 cm³/mol. The van der Waals surface area contributed by atoms with Gasteiger partial charge in [-0.25, -0.2) is 4.98 Å². The SMILES string of the molecule is CN(CC(=O)NCCc1ccc(Cl)cc1)Cc1nccn1CC(F)(F)F. The maximum Gasteiger partial charge on any atom is 0.406 e. The molecule has 1 heterocycles. The first-order chi connectivity index (χ1) is 12.2. The second kappa shape index (κ2) is 9.05. The number of likely N-dealkylation sites (N-methyl/N-ethyl adjacent to an activating group) is 1. The summed E-state index contributed by atoms with van der Waals surface area (Å²) >= 11 is 5.81. The molecule has 1 N–H and O–H groups in total. The summed E-state index contributed by atoms with van der Waals surface area (Å²) in [5, 5.41) is 3.44. The summed E-state index contributed by atoms with van der Waals surface area (Å²) in [5.41, 5.74) is 1.05. The van der Waals surface area contributed by atoms with Gasteiger partial charge >= 0.3 is 6.18 Å². The van der Waals surface area contributed by atoms with E-state index in [9.17, 15) is 18.0 Å². The van der Waals surface area contributed by atoms with E-state index in [1.165, 1.54) is 12.4 Å². The number of imidazole rings is 1. The number of benzene rings is 1. The summed E-state index contributed by atoms with van der Waals surface area (Å²) < 4.78 is 38.6. The van der Waals surface area contributed by atoms with Crippen LogP contribution >= 0.6 is 11.6 Å². The van der Waals surface area contributed by atoms with E-state index in [1.54, 1.807) is 24.1 Å². The highest BCUT2D eigenvalue weighted by Crippen LogP contribution is 2.18. The highest BCUT2D eigenvalue weighted by molar-refractivity contribution is 6.30. The van der Waals surface area contributed by atoms with Crippen LogP contribution in [0.25, 0.3) is 0 Å². The van der Waals surface area contributed by atoms with Crippen molar-refractivity contribution >= 4 is 17.5 Å².